The molecular formula is C16H18N2O3. The highest BCUT2D eigenvalue weighted by Crippen LogP contribution is 2.29. The van der Waals surface area contributed by atoms with Crippen molar-refractivity contribution in [3.63, 3.8) is 0 Å². The molecule has 1 aromatic carbocycles. The van der Waals surface area contributed by atoms with Gasteiger partial charge in [-0.1, -0.05) is 0 Å². The highest BCUT2D eigenvalue weighted by molar-refractivity contribution is 6.10. The Balaban J connectivity index is 2.38. The molecule has 0 saturated carbocycles. The number of ketones is 1. The SMILES string of the molecule is CCOc1ccc(C(=O)c2ncccc2N)cc1OCC. The molecule has 0 aliphatic rings. The summed E-state index contributed by atoms with van der Waals surface area (Å²) >= 11 is 0. The van der Waals surface area contributed by atoms with Crippen molar-refractivity contribution in [3.05, 3.63) is 47.8 Å². The Kier molecular flexibility index (Phi) is 4.77. The summed E-state index contributed by atoms with van der Waals surface area (Å²) in [5.41, 5.74) is 6.85. The number of hydrogen-bond donors (Lipinski definition) is 1. The summed E-state index contributed by atoms with van der Waals surface area (Å²) < 4.78 is 11.0. The van der Waals surface area contributed by atoms with Gasteiger partial charge >= 0.3 is 0 Å². The Morgan fingerprint density at radius 2 is 1.86 bits per heavy atom. The molecule has 0 aliphatic carbocycles. The van der Waals surface area contributed by atoms with Crippen molar-refractivity contribution < 1.29 is 14.3 Å². The van der Waals surface area contributed by atoms with Crippen LogP contribution in [0.2, 0.25) is 0 Å². The van der Waals surface area contributed by atoms with E-state index in [1.54, 1.807) is 36.5 Å². The second-order valence-corrected chi connectivity index (χ2v) is 4.30. The third-order valence-corrected chi connectivity index (χ3v) is 2.86. The van der Waals surface area contributed by atoms with Gasteiger partial charge in [0.2, 0.25) is 5.78 Å². The lowest BCUT2D eigenvalue weighted by Gasteiger charge is -2.12. The number of nitrogen functional groups attached to an aromatic ring is 1. The van der Waals surface area contributed by atoms with E-state index in [2.05, 4.69) is 4.98 Å². The summed E-state index contributed by atoms with van der Waals surface area (Å²) in [5, 5.41) is 0. The van der Waals surface area contributed by atoms with Gasteiger partial charge in [0.15, 0.2) is 11.5 Å². The normalized spacial score (nSPS) is 10.2. The van der Waals surface area contributed by atoms with Crippen LogP contribution in [-0.4, -0.2) is 24.0 Å². The Morgan fingerprint density at radius 3 is 2.52 bits per heavy atom. The van der Waals surface area contributed by atoms with E-state index in [-0.39, 0.29) is 11.5 Å². The van der Waals surface area contributed by atoms with Crippen LogP contribution in [0.4, 0.5) is 5.69 Å². The van der Waals surface area contributed by atoms with Crippen molar-refractivity contribution in [2.75, 3.05) is 18.9 Å². The third-order valence-electron chi connectivity index (χ3n) is 2.86. The molecular weight excluding hydrogens is 268 g/mol. The number of anilines is 1. The lowest BCUT2D eigenvalue weighted by Crippen LogP contribution is -2.08. The summed E-state index contributed by atoms with van der Waals surface area (Å²) in [6.07, 6.45) is 1.54. The van der Waals surface area contributed by atoms with Gasteiger partial charge in [-0.15, -0.1) is 0 Å². The van der Waals surface area contributed by atoms with E-state index < -0.39 is 0 Å². The van der Waals surface area contributed by atoms with E-state index in [4.69, 9.17) is 15.2 Å². The van der Waals surface area contributed by atoms with Crippen LogP contribution in [0, 0.1) is 0 Å². The molecule has 0 aliphatic heterocycles. The molecule has 0 amide bonds. The number of nitrogens with two attached hydrogens (primary N) is 1. The standard InChI is InChI=1S/C16H18N2O3/c1-3-20-13-8-7-11(10-14(13)21-4-2)16(19)15-12(17)6-5-9-18-15/h5-10H,3-4,17H2,1-2H3. The zero-order valence-corrected chi connectivity index (χ0v) is 12.1. The second kappa shape index (κ2) is 6.74. The Bertz CT molecular complexity index is 641. The van der Waals surface area contributed by atoms with Crippen molar-refractivity contribution in [2.24, 2.45) is 0 Å². The fourth-order valence-corrected chi connectivity index (χ4v) is 1.94. The smallest absolute Gasteiger partial charge is 0.213 e. The van der Waals surface area contributed by atoms with Crippen LogP contribution < -0.4 is 15.2 Å². The maximum Gasteiger partial charge on any atom is 0.213 e. The summed E-state index contributed by atoms with van der Waals surface area (Å²) in [5.74, 6) is 0.918. The van der Waals surface area contributed by atoms with Gasteiger partial charge in [0.25, 0.3) is 0 Å². The lowest BCUT2D eigenvalue weighted by molar-refractivity contribution is 0.103. The molecule has 2 N–H and O–H groups in total. The first-order valence-corrected chi connectivity index (χ1v) is 6.82. The summed E-state index contributed by atoms with van der Waals surface area (Å²) in [7, 11) is 0. The van der Waals surface area contributed by atoms with Crippen LogP contribution in [0.1, 0.15) is 29.9 Å². The molecule has 0 radical (unpaired) electrons. The number of ether oxygens (including phenoxy) is 2. The Hall–Kier alpha value is -2.56. The first kappa shape index (κ1) is 14.8. The molecule has 2 rings (SSSR count). The van der Waals surface area contributed by atoms with Crippen LogP contribution in [0.15, 0.2) is 36.5 Å². The minimum Gasteiger partial charge on any atom is -0.490 e. The van der Waals surface area contributed by atoms with Crippen molar-refractivity contribution in [1.29, 1.82) is 0 Å². The number of pyridine rings is 1. The third kappa shape index (κ3) is 3.31. The van der Waals surface area contributed by atoms with Gasteiger partial charge in [0, 0.05) is 11.8 Å². The van der Waals surface area contributed by atoms with Crippen molar-refractivity contribution in [1.82, 2.24) is 4.98 Å². The predicted octanol–water partition coefficient (Wildman–Crippen LogP) is 2.69. The minimum atomic E-state index is -0.239. The molecule has 0 saturated heterocycles. The Morgan fingerprint density at radius 1 is 1.14 bits per heavy atom. The quantitative estimate of drug-likeness (QED) is 0.826. The van der Waals surface area contributed by atoms with Crippen molar-refractivity contribution in [2.45, 2.75) is 13.8 Å². The van der Waals surface area contributed by atoms with Crippen molar-refractivity contribution >= 4 is 11.5 Å². The summed E-state index contributed by atoms with van der Waals surface area (Å²) in [4.78, 5) is 16.5. The zero-order valence-electron chi connectivity index (χ0n) is 12.1. The molecule has 5 heteroatoms. The number of nitrogens with zero attached hydrogens (tertiary/aromatic N) is 1. The number of benzene rings is 1. The van der Waals surface area contributed by atoms with Gasteiger partial charge in [0.05, 0.1) is 18.9 Å². The lowest BCUT2D eigenvalue weighted by atomic mass is 10.1. The van der Waals surface area contributed by atoms with Crippen molar-refractivity contribution in [3.8, 4) is 11.5 Å². The second-order valence-electron chi connectivity index (χ2n) is 4.30. The molecule has 1 aromatic heterocycles. The molecule has 1 heterocycles. The van der Waals surface area contributed by atoms with Gasteiger partial charge in [-0.05, 0) is 44.2 Å². The maximum atomic E-state index is 12.5. The average Bonchev–Trinajstić information content (AvgIpc) is 2.49. The topological polar surface area (TPSA) is 74.4 Å². The van der Waals surface area contributed by atoms with Gasteiger partial charge < -0.3 is 15.2 Å². The summed E-state index contributed by atoms with van der Waals surface area (Å²) in [6, 6.07) is 8.41. The van der Waals surface area contributed by atoms with Gasteiger partial charge in [-0.2, -0.15) is 0 Å². The fourth-order valence-electron chi connectivity index (χ4n) is 1.94. The van der Waals surface area contributed by atoms with E-state index in [1.165, 1.54) is 0 Å². The maximum absolute atomic E-state index is 12.5. The largest absolute Gasteiger partial charge is 0.490 e. The molecule has 0 unspecified atom stereocenters. The number of hydrogen-bond acceptors (Lipinski definition) is 5. The van der Waals surface area contributed by atoms with Crippen LogP contribution in [-0.2, 0) is 0 Å². The number of rotatable bonds is 6. The van der Waals surface area contributed by atoms with Crippen LogP contribution in [0.5, 0.6) is 11.5 Å². The van der Waals surface area contributed by atoms with Crippen LogP contribution >= 0.6 is 0 Å². The van der Waals surface area contributed by atoms with E-state index in [0.29, 0.717) is 36.0 Å². The molecule has 5 nitrogen and oxygen atoms in total. The number of carbonyl (C=O) groups is 1. The van der Waals surface area contributed by atoms with Crippen LogP contribution in [0.25, 0.3) is 0 Å². The highest BCUT2D eigenvalue weighted by Gasteiger charge is 2.16. The molecule has 0 bridgehead atoms. The van der Waals surface area contributed by atoms with E-state index in [9.17, 15) is 4.79 Å². The molecule has 0 atom stereocenters. The zero-order chi connectivity index (χ0) is 15.2. The minimum absolute atomic E-state index is 0.239. The van der Waals surface area contributed by atoms with Crippen LogP contribution in [0.3, 0.4) is 0 Å². The fraction of sp³-hybridized carbons (Fsp3) is 0.250. The average molecular weight is 286 g/mol. The predicted molar refractivity (Wildman–Crippen MR) is 80.9 cm³/mol. The van der Waals surface area contributed by atoms with E-state index >= 15 is 0 Å². The first-order valence-electron chi connectivity index (χ1n) is 6.82. The van der Waals surface area contributed by atoms with Gasteiger partial charge in [-0.3, -0.25) is 9.78 Å². The first-order chi connectivity index (χ1) is 10.2. The van der Waals surface area contributed by atoms with Gasteiger partial charge in [-0.25, -0.2) is 0 Å². The molecule has 110 valence electrons. The highest BCUT2D eigenvalue weighted by atomic mass is 16.5. The van der Waals surface area contributed by atoms with E-state index in [0.717, 1.165) is 0 Å². The molecule has 0 fully saturated rings. The monoisotopic (exact) mass is 286 g/mol. The van der Waals surface area contributed by atoms with E-state index in [1.807, 2.05) is 13.8 Å². The number of aromatic nitrogens is 1. The summed E-state index contributed by atoms with van der Waals surface area (Å²) in [6.45, 7) is 4.79. The Labute approximate surface area is 123 Å². The number of carbonyl (C=O) groups excluding carboxylic acids is 1. The van der Waals surface area contributed by atoms with Gasteiger partial charge in [0.1, 0.15) is 5.69 Å². The molecule has 21 heavy (non-hydrogen) atoms. The molecule has 0 spiro atoms. The molecule has 2 aromatic rings.